The number of methoxy groups -OCH3 is 1. The van der Waals surface area contributed by atoms with Crippen molar-refractivity contribution in [3.63, 3.8) is 0 Å². The van der Waals surface area contributed by atoms with Crippen molar-refractivity contribution < 1.29 is 4.74 Å². The molecule has 0 N–H and O–H groups in total. The van der Waals surface area contributed by atoms with Crippen LogP contribution in [-0.4, -0.2) is 38.3 Å². The van der Waals surface area contributed by atoms with E-state index in [1.54, 1.807) is 7.11 Å². The lowest BCUT2D eigenvalue weighted by Gasteiger charge is -2.29. The van der Waals surface area contributed by atoms with Crippen molar-refractivity contribution >= 4 is 0 Å². The van der Waals surface area contributed by atoms with Crippen LogP contribution in [-0.2, 0) is 4.74 Å². The second kappa shape index (κ2) is 6.80. The number of piperidine rings is 1. The number of ether oxygens (including phenoxy) is 1. The van der Waals surface area contributed by atoms with Gasteiger partial charge in [0.05, 0.1) is 12.0 Å². The molecule has 0 saturated carbocycles. The molecule has 3 heteroatoms. The molecule has 1 aliphatic rings. The van der Waals surface area contributed by atoms with E-state index >= 15 is 0 Å². The summed E-state index contributed by atoms with van der Waals surface area (Å²) in [7, 11) is 1.74. The normalized spacial score (nSPS) is 23.3. The maximum atomic E-state index is 8.82. The van der Waals surface area contributed by atoms with Gasteiger partial charge in [-0.15, -0.1) is 0 Å². The molecule has 0 amide bonds. The van der Waals surface area contributed by atoms with Crippen LogP contribution in [0.2, 0.25) is 0 Å². The van der Waals surface area contributed by atoms with E-state index in [0.29, 0.717) is 0 Å². The Balaban J connectivity index is 2.09. The summed E-state index contributed by atoms with van der Waals surface area (Å²) >= 11 is 0. The van der Waals surface area contributed by atoms with Crippen molar-refractivity contribution in [2.24, 2.45) is 5.92 Å². The standard InChI is InChI=1S/C11H20N2O/c1-14-8-3-2-6-13-7-4-5-11(9-12)10-13/h11H,2-8,10H2,1H3. The highest BCUT2D eigenvalue weighted by atomic mass is 16.5. The number of hydrogen-bond acceptors (Lipinski definition) is 3. The molecule has 1 heterocycles. The van der Waals surface area contributed by atoms with Crippen molar-refractivity contribution in [2.75, 3.05) is 33.4 Å². The summed E-state index contributed by atoms with van der Waals surface area (Å²) in [5.41, 5.74) is 0. The Hall–Kier alpha value is -0.590. The van der Waals surface area contributed by atoms with Crippen molar-refractivity contribution in [3.8, 4) is 6.07 Å². The van der Waals surface area contributed by atoms with Crippen LogP contribution in [0.25, 0.3) is 0 Å². The topological polar surface area (TPSA) is 36.3 Å². The summed E-state index contributed by atoms with van der Waals surface area (Å²) in [6, 6.07) is 2.37. The van der Waals surface area contributed by atoms with Gasteiger partial charge in [0, 0.05) is 20.3 Å². The van der Waals surface area contributed by atoms with Crippen LogP contribution in [0, 0.1) is 17.2 Å². The van der Waals surface area contributed by atoms with Gasteiger partial charge in [-0.25, -0.2) is 0 Å². The van der Waals surface area contributed by atoms with Gasteiger partial charge >= 0.3 is 0 Å². The summed E-state index contributed by atoms with van der Waals surface area (Å²) in [5, 5.41) is 8.82. The van der Waals surface area contributed by atoms with Crippen molar-refractivity contribution in [2.45, 2.75) is 25.7 Å². The van der Waals surface area contributed by atoms with E-state index in [9.17, 15) is 0 Å². The van der Waals surface area contributed by atoms with Crippen molar-refractivity contribution in [1.29, 1.82) is 5.26 Å². The SMILES string of the molecule is COCCCCN1CCCC(C#N)C1. The Morgan fingerprint density at radius 3 is 3.07 bits per heavy atom. The fourth-order valence-electron chi connectivity index (χ4n) is 1.95. The Morgan fingerprint density at radius 2 is 2.36 bits per heavy atom. The molecule has 0 aromatic heterocycles. The highest BCUT2D eigenvalue weighted by molar-refractivity contribution is 4.88. The first-order valence-corrected chi connectivity index (χ1v) is 5.47. The minimum atomic E-state index is 0.270. The summed E-state index contributed by atoms with van der Waals surface area (Å²) in [5.74, 6) is 0.270. The molecule has 1 atom stereocenters. The average molecular weight is 196 g/mol. The first kappa shape index (κ1) is 11.5. The van der Waals surface area contributed by atoms with Gasteiger partial charge in [0.25, 0.3) is 0 Å². The third-order valence-corrected chi connectivity index (χ3v) is 2.76. The molecular formula is C11H20N2O. The van der Waals surface area contributed by atoms with Crippen LogP contribution in [0.3, 0.4) is 0 Å². The largest absolute Gasteiger partial charge is 0.385 e. The molecular weight excluding hydrogens is 176 g/mol. The van der Waals surface area contributed by atoms with Gasteiger partial charge in [-0.2, -0.15) is 5.26 Å². The smallest absolute Gasteiger partial charge is 0.0669 e. The lowest BCUT2D eigenvalue weighted by atomic mass is 9.99. The second-order valence-electron chi connectivity index (χ2n) is 3.97. The van der Waals surface area contributed by atoms with Gasteiger partial charge in [0.2, 0.25) is 0 Å². The van der Waals surface area contributed by atoms with Crippen molar-refractivity contribution in [1.82, 2.24) is 4.90 Å². The molecule has 1 saturated heterocycles. The van der Waals surface area contributed by atoms with Crippen molar-refractivity contribution in [3.05, 3.63) is 0 Å². The van der Waals surface area contributed by atoms with Gasteiger partial charge in [-0.3, -0.25) is 0 Å². The zero-order valence-electron chi connectivity index (χ0n) is 9.04. The number of unbranched alkanes of at least 4 members (excludes halogenated alkanes) is 1. The number of likely N-dealkylation sites (tertiary alicyclic amines) is 1. The van der Waals surface area contributed by atoms with E-state index in [1.165, 1.54) is 19.4 Å². The molecule has 3 nitrogen and oxygen atoms in total. The highest BCUT2D eigenvalue weighted by Gasteiger charge is 2.18. The Labute approximate surface area is 86.6 Å². The van der Waals surface area contributed by atoms with Gasteiger partial charge in [-0.1, -0.05) is 0 Å². The monoisotopic (exact) mass is 196 g/mol. The first-order chi connectivity index (χ1) is 6.86. The van der Waals surface area contributed by atoms with E-state index in [-0.39, 0.29) is 5.92 Å². The molecule has 0 bridgehead atoms. The first-order valence-electron chi connectivity index (χ1n) is 5.47. The Bertz CT molecular complexity index is 188. The lowest BCUT2D eigenvalue weighted by molar-refractivity contribution is 0.169. The molecule has 0 aliphatic carbocycles. The van der Waals surface area contributed by atoms with Gasteiger partial charge in [-0.05, 0) is 38.8 Å². The third kappa shape index (κ3) is 4.08. The van der Waals surface area contributed by atoms with E-state index in [0.717, 1.165) is 32.5 Å². The predicted molar refractivity (Wildman–Crippen MR) is 55.9 cm³/mol. The van der Waals surface area contributed by atoms with Crippen LogP contribution >= 0.6 is 0 Å². The maximum Gasteiger partial charge on any atom is 0.0669 e. The fourth-order valence-corrected chi connectivity index (χ4v) is 1.95. The van der Waals surface area contributed by atoms with E-state index in [2.05, 4.69) is 11.0 Å². The molecule has 0 spiro atoms. The van der Waals surface area contributed by atoms with E-state index < -0.39 is 0 Å². The third-order valence-electron chi connectivity index (χ3n) is 2.76. The Kier molecular flexibility index (Phi) is 5.58. The molecule has 1 unspecified atom stereocenters. The van der Waals surface area contributed by atoms with Crippen LogP contribution < -0.4 is 0 Å². The zero-order valence-corrected chi connectivity index (χ0v) is 9.04. The van der Waals surface area contributed by atoms with Crippen LogP contribution in [0.1, 0.15) is 25.7 Å². The molecule has 1 aliphatic heterocycles. The predicted octanol–water partition coefficient (Wildman–Crippen LogP) is 1.65. The summed E-state index contributed by atoms with van der Waals surface area (Å²) < 4.78 is 5.00. The van der Waals surface area contributed by atoms with Gasteiger partial charge in [0.15, 0.2) is 0 Å². The van der Waals surface area contributed by atoms with E-state index in [1.807, 2.05) is 0 Å². The molecule has 80 valence electrons. The molecule has 0 aromatic rings. The lowest BCUT2D eigenvalue weighted by Crippen LogP contribution is -2.35. The summed E-state index contributed by atoms with van der Waals surface area (Å²) in [6.07, 6.45) is 4.59. The second-order valence-corrected chi connectivity index (χ2v) is 3.97. The van der Waals surface area contributed by atoms with Crippen LogP contribution in [0.5, 0.6) is 0 Å². The zero-order chi connectivity index (χ0) is 10.2. The maximum absolute atomic E-state index is 8.82. The Morgan fingerprint density at radius 1 is 1.50 bits per heavy atom. The molecule has 0 aromatic carbocycles. The minimum Gasteiger partial charge on any atom is -0.385 e. The van der Waals surface area contributed by atoms with E-state index in [4.69, 9.17) is 10.00 Å². The van der Waals surface area contributed by atoms with Crippen LogP contribution in [0.4, 0.5) is 0 Å². The number of nitriles is 1. The van der Waals surface area contributed by atoms with Crippen LogP contribution in [0.15, 0.2) is 0 Å². The summed E-state index contributed by atoms with van der Waals surface area (Å²) in [4.78, 5) is 2.41. The van der Waals surface area contributed by atoms with Gasteiger partial charge in [0.1, 0.15) is 0 Å². The van der Waals surface area contributed by atoms with Gasteiger partial charge < -0.3 is 9.64 Å². The minimum absolute atomic E-state index is 0.270. The summed E-state index contributed by atoms with van der Waals surface area (Å²) in [6.45, 7) is 4.13. The number of rotatable bonds is 5. The molecule has 14 heavy (non-hydrogen) atoms. The number of nitrogens with zero attached hydrogens (tertiary/aromatic N) is 2. The molecule has 1 rings (SSSR count). The fraction of sp³-hybridized carbons (Fsp3) is 0.909. The quantitative estimate of drug-likeness (QED) is 0.627. The number of hydrogen-bond donors (Lipinski definition) is 0. The molecule has 1 fully saturated rings. The molecule has 0 radical (unpaired) electrons. The average Bonchev–Trinajstić information content (AvgIpc) is 2.25. The highest BCUT2D eigenvalue weighted by Crippen LogP contribution is 2.15.